The standard InChI is InChI=1S/C18H23N3O3/c1-2-11-24-15-3-4-16-14(12-15)5-8-21(18(16)23)13-17(22)20-9-6-19-7-10-20/h3-5,8,12,19H,2,6-7,9-11,13H2,1H3. The topological polar surface area (TPSA) is 63.6 Å². The van der Waals surface area contributed by atoms with Gasteiger partial charge in [-0.3, -0.25) is 9.59 Å². The first-order chi connectivity index (χ1) is 11.7. The van der Waals surface area contributed by atoms with Gasteiger partial charge in [0.2, 0.25) is 5.91 Å². The molecule has 1 fully saturated rings. The zero-order valence-electron chi connectivity index (χ0n) is 14.0. The van der Waals surface area contributed by atoms with Crippen LogP contribution in [-0.2, 0) is 11.3 Å². The quantitative estimate of drug-likeness (QED) is 0.896. The van der Waals surface area contributed by atoms with E-state index in [9.17, 15) is 9.59 Å². The number of nitrogens with zero attached hydrogens (tertiary/aromatic N) is 2. The molecule has 6 nitrogen and oxygen atoms in total. The fourth-order valence-electron chi connectivity index (χ4n) is 2.86. The Kier molecular flexibility index (Phi) is 5.15. The van der Waals surface area contributed by atoms with E-state index in [1.807, 2.05) is 18.2 Å². The van der Waals surface area contributed by atoms with Gasteiger partial charge in [-0.1, -0.05) is 6.92 Å². The van der Waals surface area contributed by atoms with Gasteiger partial charge in [-0.05, 0) is 36.1 Å². The van der Waals surface area contributed by atoms with Crippen LogP contribution < -0.4 is 15.6 Å². The summed E-state index contributed by atoms with van der Waals surface area (Å²) in [5.74, 6) is 0.749. The summed E-state index contributed by atoms with van der Waals surface area (Å²) < 4.78 is 7.09. The molecule has 0 atom stereocenters. The van der Waals surface area contributed by atoms with Crippen LogP contribution >= 0.6 is 0 Å². The molecule has 1 saturated heterocycles. The molecule has 1 aromatic carbocycles. The lowest BCUT2D eigenvalue weighted by Gasteiger charge is -2.27. The molecule has 1 aliphatic rings. The lowest BCUT2D eigenvalue weighted by molar-refractivity contribution is -0.132. The summed E-state index contributed by atoms with van der Waals surface area (Å²) in [5.41, 5.74) is -0.141. The van der Waals surface area contributed by atoms with E-state index in [2.05, 4.69) is 12.2 Å². The van der Waals surface area contributed by atoms with Crippen LogP contribution in [0.2, 0.25) is 0 Å². The predicted molar refractivity (Wildman–Crippen MR) is 93.4 cm³/mol. The number of fused-ring (bicyclic) bond motifs is 1. The van der Waals surface area contributed by atoms with Crippen molar-refractivity contribution in [1.29, 1.82) is 0 Å². The highest BCUT2D eigenvalue weighted by Gasteiger charge is 2.17. The van der Waals surface area contributed by atoms with Crippen LogP contribution in [0.25, 0.3) is 10.8 Å². The molecule has 1 N–H and O–H groups in total. The number of aromatic nitrogens is 1. The molecule has 24 heavy (non-hydrogen) atoms. The van der Waals surface area contributed by atoms with Gasteiger partial charge in [0, 0.05) is 37.8 Å². The van der Waals surface area contributed by atoms with Crippen molar-refractivity contribution >= 4 is 16.7 Å². The lowest BCUT2D eigenvalue weighted by Crippen LogP contribution is -2.48. The van der Waals surface area contributed by atoms with Crippen molar-refractivity contribution in [3.63, 3.8) is 0 Å². The van der Waals surface area contributed by atoms with E-state index in [0.29, 0.717) is 25.1 Å². The van der Waals surface area contributed by atoms with E-state index < -0.39 is 0 Å². The molecule has 1 amide bonds. The second-order valence-electron chi connectivity index (χ2n) is 5.98. The Morgan fingerprint density at radius 3 is 2.79 bits per heavy atom. The third-order valence-corrected chi connectivity index (χ3v) is 4.20. The fourth-order valence-corrected chi connectivity index (χ4v) is 2.86. The zero-order chi connectivity index (χ0) is 16.9. The molecule has 1 aliphatic heterocycles. The SMILES string of the molecule is CCCOc1ccc2c(=O)n(CC(=O)N3CCNCC3)ccc2c1. The number of carbonyl (C=O) groups is 1. The van der Waals surface area contributed by atoms with Crippen LogP contribution in [0, 0.1) is 0 Å². The van der Waals surface area contributed by atoms with Crippen molar-refractivity contribution < 1.29 is 9.53 Å². The van der Waals surface area contributed by atoms with Crippen molar-refractivity contribution in [2.45, 2.75) is 19.9 Å². The van der Waals surface area contributed by atoms with E-state index in [0.717, 1.165) is 30.6 Å². The molecule has 0 aliphatic carbocycles. The smallest absolute Gasteiger partial charge is 0.258 e. The van der Waals surface area contributed by atoms with E-state index in [1.165, 1.54) is 4.57 Å². The van der Waals surface area contributed by atoms with Crippen molar-refractivity contribution in [3.05, 3.63) is 40.8 Å². The normalized spacial score (nSPS) is 14.8. The number of carbonyl (C=O) groups excluding carboxylic acids is 1. The third kappa shape index (κ3) is 3.59. The van der Waals surface area contributed by atoms with Crippen LogP contribution in [0.15, 0.2) is 35.3 Å². The van der Waals surface area contributed by atoms with Gasteiger partial charge >= 0.3 is 0 Å². The van der Waals surface area contributed by atoms with Gasteiger partial charge in [-0.25, -0.2) is 0 Å². The predicted octanol–water partition coefficient (Wildman–Crippen LogP) is 1.22. The molecular weight excluding hydrogens is 306 g/mol. The van der Waals surface area contributed by atoms with Gasteiger partial charge in [-0.15, -0.1) is 0 Å². The van der Waals surface area contributed by atoms with Crippen LogP contribution in [0.5, 0.6) is 5.75 Å². The molecule has 2 aromatic rings. The van der Waals surface area contributed by atoms with Crippen LogP contribution in [0.1, 0.15) is 13.3 Å². The highest BCUT2D eigenvalue weighted by molar-refractivity contribution is 5.83. The minimum absolute atomic E-state index is 0.0131. The summed E-state index contributed by atoms with van der Waals surface area (Å²) >= 11 is 0. The number of nitrogens with one attached hydrogen (secondary N) is 1. The van der Waals surface area contributed by atoms with E-state index in [-0.39, 0.29) is 18.0 Å². The number of hydrogen-bond donors (Lipinski definition) is 1. The molecular formula is C18H23N3O3. The van der Waals surface area contributed by atoms with Crippen molar-refractivity contribution in [2.75, 3.05) is 32.8 Å². The van der Waals surface area contributed by atoms with Gasteiger partial charge in [0.05, 0.1) is 6.61 Å². The summed E-state index contributed by atoms with van der Waals surface area (Å²) in [6.45, 7) is 5.79. The molecule has 0 bridgehead atoms. The first-order valence-electron chi connectivity index (χ1n) is 8.43. The van der Waals surface area contributed by atoms with Crippen molar-refractivity contribution in [2.24, 2.45) is 0 Å². The summed E-state index contributed by atoms with van der Waals surface area (Å²) in [5, 5.41) is 4.65. The van der Waals surface area contributed by atoms with E-state index in [4.69, 9.17) is 4.74 Å². The Morgan fingerprint density at radius 2 is 2.04 bits per heavy atom. The number of piperazine rings is 1. The van der Waals surface area contributed by atoms with Gasteiger partial charge in [-0.2, -0.15) is 0 Å². The summed E-state index contributed by atoms with van der Waals surface area (Å²) in [6, 6.07) is 7.31. The average Bonchev–Trinajstić information content (AvgIpc) is 2.63. The molecule has 2 heterocycles. The molecule has 3 rings (SSSR count). The molecule has 0 saturated carbocycles. The highest BCUT2D eigenvalue weighted by atomic mass is 16.5. The van der Waals surface area contributed by atoms with Gasteiger partial charge < -0.3 is 19.5 Å². The minimum Gasteiger partial charge on any atom is -0.494 e. The van der Waals surface area contributed by atoms with E-state index >= 15 is 0 Å². The zero-order valence-corrected chi connectivity index (χ0v) is 14.0. The van der Waals surface area contributed by atoms with E-state index in [1.54, 1.807) is 17.2 Å². The monoisotopic (exact) mass is 329 g/mol. The summed E-state index contributed by atoms with van der Waals surface area (Å²) in [7, 11) is 0. The Bertz CT molecular complexity index is 779. The van der Waals surface area contributed by atoms with Gasteiger partial charge in [0.25, 0.3) is 5.56 Å². The highest BCUT2D eigenvalue weighted by Crippen LogP contribution is 2.18. The number of pyridine rings is 1. The number of benzene rings is 1. The Morgan fingerprint density at radius 1 is 1.25 bits per heavy atom. The lowest BCUT2D eigenvalue weighted by atomic mass is 10.1. The van der Waals surface area contributed by atoms with Crippen LogP contribution in [0.4, 0.5) is 0 Å². The second-order valence-corrected chi connectivity index (χ2v) is 5.98. The minimum atomic E-state index is -0.141. The molecule has 0 radical (unpaired) electrons. The number of rotatable bonds is 5. The van der Waals surface area contributed by atoms with Gasteiger partial charge in [0.1, 0.15) is 12.3 Å². The summed E-state index contributed by atoms with van der Waals surface area (Å²) in [6.07, 6.45) is 2.63. The number of amides is 1. The van der Waals surface area contributed by atoms with Crippen LogP contribution in [-0.4, -0.2) is 48.2 Å². The van der Waals surface area contributed by atoms with Crippen molar-refractivity contribution in [3.8, 4) is 5.75 Å². The summed E-state index contributed by atoms with van der Waals surface area (Å²) in [4.78, 5) is 26.8. The molecule has 1 aromatic heterocycles. The Balaban J connectivity index is 1.80. The second kappa shape index (κ2) is 7.49. The average molecular weight is 329 g/mol. The van der Waals surface area contributed by atoms with Crippen LogP contribution in [0.3, 0.4) is 0 Å². The Labute approximate surface area is 141 Å². The first-order valence-corrected chi connectivity index (χ1v) is 8.43. The first kappa shape index (κ1) is 16.5. The maximum absolute atomic E-state index is 12.6. The maximum atomic E-state index is 12.6. The Hall–Kier alpha value is -2.34. The maximum Gasteiger partial charge on any atom is 0.258 e. The molecule has 6 heteroatoms. The molecule has 128 valence electrons. The number of hydrogen-bond acceptors (Lipinski definition) is 4. The van der Waals surface area contributed by atoms with Crippen molar-refractivity contribution in [1.82, 2.24) is 14.8 Å². The van der Waals surface area contributed by atoms with Gasteiger partial charge in [0.15, 0.2) is 0 Å². The molecule has 0 spiro atoms. The third-order valence-electron chi connectivity index (χ3n) is 4.20. The largest absolute Gasteiger partial charge is 0.494 e. The molecule has 0 unspecified atom stereocenters. The number of ether oxygens (including phenoxy) is 1. The fraction of sp³-hybridized carbons (Fsp3) is 0.444.